The Bertz CT molecular complexity index is 662. The highest BCUT2D eigenvalue weighted by Gasteiger charge is 2.06. The summed E-state index contributed by atoms with van der Waals surface area (Å²) in [5, 5.41) is 3.05. The minimum atomic E-state index is -0.269. The van der Waals surface area contributed by atoms with Crippen molar-refractivity contribution in [3.8, 4) is 11.3 Å². The minimum Gasteiger partial charge on any atom is -0.431 e. The summed E-state index contributed by atoms with van der Waals surface area (Å²) in [5.41, 5.74) is 2.37. The van der Waals surface area contributed by atoms with E-state index in [0.29, 0.717) is 11.7 Å². The molecule has 0 saturated carbocycles. The van der Waals surface area contributed by atoms with Crippen molar-refractivity contribution in [1.82, 2.24) is 4.98 Å². The molecule has 0 radical (unpaired) electrons. The number of nitrogens with one attached hydrogen (secondary N) is 1. The third kappa shape index (κ3) is 2.63. The fourth-order valence-corrected chi connectivity index (χ4v) is 1.73. The Morgan fingerprint density at radius 2 is 1.68 bits per heavy atom. The van der Waals surface area contributed by atoms with Crippen molar-refractivity contribution >= 4 is 11.7 Å². The average Bonchev–Trinajstić information content (AvgIpc) is 2.89. The van der Waals surface area contributed by atoms with E-state index in [9.17, 15) is 4.39 Å². The van der Waals surface area contributed by atoms with Crippen LogP contribution in [0.4, 0.5) is 16.1 Å². The molecule has 0 saturated heterocycles. The molecule has 0 fully saturated rings. The molecular weight excluding hydrogens is 243 g/mol. The van der Waals surface area contributed by atoms with Gasteiger partial charge < -0.3 is 9.73 Å². The number of halogens is 1. The van der Waals surface area contributed by atoms with Gasteiger partial charge in [-0.1, -0.05) is 18.2 Å². The maximum Gasteiger partial charge on any atom is 0.299 e. The quantitative estimate of drug-likeness (QED) is 0.760. The number of benzene rings is 2. The van der Waals surface area contributed by atoms with E-state index in [0.717, 1.165) is 11.3 Å². The van der Waals surface area contributed by atoms with E-state index < -0.39 is 0 Å². The summed E-state index contributed by atoms with van der Waals surface area (Å²) in [4.78, 5) is 4.31. The topological polar surface area (TPSA) is 38.1 Å². The fraction of sp³-hybridized carbons (Fsp3) is 0. The van der Waals surface area contributed by atoms with Crippen LogP contribution in [0.3, 0.4) is 0 Å². The molecule has 19 heavy (non-hydrogen) atoms. The number of hydrogen-bond acceptors (Lipinski definition) is 3. The second-order valence-corrected chi connectivity index (χ2v) is 4.04. The normalized spacial score (nSPS) is 10.4. The lowest BCUT2D eigenvalue weighted by molar-refractivity contribution is 0.578. The van der Waals surface area contributed by atoms with E-state index in [1.54, 1.807) is 18.4 Å². The summed E-state index contributed by atoms with van der Waals surface area (Å²) in [5.74, 6) is -0.269. The summed E-state index contributed by atoms with van der Waals surface area (Å²) in [6.45, 7) is 0. The Hall–Kier alpha value is -2.62. The van der Waals surface area contributed by atoms with E-state index >= 15 is 0 Å². The lowest BCUT2D eigenvalue weighted by Crippen LogP contribution is -1.89. The van der Waals surface area contributed by atoms with Gasteiger partial charge in [-0.15, -0.1) is 0 Å². The van der Waals surface area contributed by atoms with Crippen molar-refractivity contribution in [2.24, 2.45) is 0 Å². The number of nitrogens with zero attached hydrogens (tertiary/aromatic N) is 1. The lowest BCUT2D eigenvalue weighted by atomic mass is 10.2. The largest absolute Gasteiger partial charge is 0.431 e. The molecular formula is C15H11FN2O. The van der Waals surface area contributed by atoms with Crippen LogP contribution in [0.15, 0.2) is 65.3 Å². The second-order valence-electron chi connectivity index (χ2n) is 4.04. The van der Waals surface area contributed by atoms with Gasteiger partial charge in [-0.25, -0.2) is 4.39 Å². The van der Waals surface area contributed by atoms with Crippen molar-refractivity contribution < 1.29 is 8.81 Å². The van der Waals surface area contributed by atoms with Crippen LogP contribution in [-0.4, -0.2) is 4.98 Å². The summed E-state index contributed by atoms with van der Waals surface area (Å²) in [6, 6.07) is 16.2. The van der Waals surface area contributed by atoms with E-state index in [1.165, 1.54) is 12.1 Å². The Kier molecular flexibility index (Phi) is 2.98. The molecule has 0 atom stereocenters. The maximum atomic E-state index is 12.8. The first kappa shape index (κ1) is 11.5. The number of aromatic nitrogens is 1. The Balaban J connectivity index is 1.82. The predicted octanol–water partition coefficient (Wildman–Crippen LogP) is 4.22. The van der Waals surface area contributed by atoms with Gasteiger partial charge >= 0.3 is 0 Å². The molecule has 3 nitrogen and oxygen atoms in total. The number of para-hydroxylation sites is 1. The summed E-state index contributed by atoms with van der Waals surface area (Å²) in [7, 11) is 0. The highest BCUT2D eigenvalue weighted by molar-refractivity contribution is 5.61. The second kappa shape index (κ2) is 4.94. The van der Waals surface area contributed by atoms with Gasteiger partial charge in [0.25, 0.3) is 6.01 Å². The highest BCUT2D eigenvalue weighted by atomic mass is 19.1. The van der Waals surface area contributed by atoms with Gasteiger partial charge in [0, 0.05) is 11.3 Å². The Morgan fingerprint density at radius 1 is 0.947 bits per heavy atom. The zero-order valence-corrected chi connectivity index (χ0v) is 10.0. The van der Waals surface area contributed by atoms with E-state index in [1.807, 2.05) is 30.3 Å². The van der Waals surface area contributed by atoms with Gasteiger partial charge in [0.05, 0.1) is 0 Å². The Morgan fingerprint density at radius 3 is 2.42 bits per heavy atom. The lowest BCUT2D eigenvalue weighted by Gasteiger charge is -1.99. The molecule has 0 aliphatic rings. The van der Waals surface area contributed by atoms with Gasteiger partial charge in [0.15, 0.2) is 0 Å². The molecule has 0 unspecified atom stereocenters. The summed E-state index contributed by atoms with van der Waals surface area (Å²) >= 11 is 0. The summed E-state index contributed by atoms with van der Waals surface area (Å²) < 4.78 is 18.2. The molecule has 94 valence electrons. The predicted molar refractivity (Wildman–Crippen MR) is 71.6 cm³/mol. The molecule has 1 heterocycles. The maximum absolute atomic E-state index is 12.8. The minimum absolute atomic E-state index is 0.269. The molecule has 0 aliphatic heterocycles. The van der Waals surface area contributed by atoms with Gasteiger partial charge in [-0.05, 0) is 36.4 Å². The third-order valence-electron chi connectivity index (χ3n) is 2.67. The van der Waals surface area contributed by atoms with Crippen LogP contribution in [0.5, 0.6) is 0 Å². The van der Waals surface area contributed by atoms with Crippen molar-refractivity contribution in [3.05, 3.63) is 66.7 Å². The van der Waals surface area contributed by atoms with E-state index in [4.69, 9.17) is 4.42 Å². The zero-order valence-electron chi connectivity index (χ0n) is 10.0. The molecule has 0 bridgehead atoms. The third-order valence-corrected chi connectivity index (χ3v) is 2.67. The molecule has 1 N–H and O–H groups in total. The number of oxazole rings is 1. The van der Waals surface area contributed by atoms with Crippen LogP contribution in [-0.2, 0) is 0 Å². The molecule has 0 spiro atoms. The van der Waals surface area contributed by atoms with Crippen molar-refractivity contribution in [1.29, 1.82) is 0 Å². The molecule has 2 aromatic carbocycles. The fourth-order valence-electron chi connectivity index (χ4n) is 1.73. The van der Waals surface area contributed by atoms with Crippen LogP contribution in [0.1, 0.15) is 0 Å². The number of rotatable bonds is 3. The summed E-state index contributed by atoms with van der Waals surface area (Å²) in [6.07, 6.45) is 1.54. The molecule has 0 aliphatic carbocycles. The SMILES string of the molecule is Fc1ccc(-c2coc(Nc3ccccc3)n2)cc1. The molecule has 0 amide bonds. The standard InChI is InChI=1S/C15H11FN2O/c16-12-8-6-11(7-9-12)14-10-19-15(18-14)17-13-4-2-1-3-5-13/h1-10H,(H,17,18). The van der Waals surface area contributed by atoms with Gasteiger partial charge in [0.2, 0.25) is 0 Å². The number of hydrogen-bond donors (Lipinski definition) is 1. The van der Waals surface area contributed by atoms with Crippen LogP contribution in [0.2, 0.25) is 0 Å². The van der Waals surface area contributed by atoms with Gasteiger partial charge in [-0.3, -0.25) is 0 Å². The van der Waals surface area contributed by atoms with E-state index in [-0.39, 0.29) is 5.82 Å². The molecule has 4 heteroatoms. The zero-order chi connectivity index (χ0) is 13.1. The van der Waals surface area contributed by atoms with Gasteiger partial charge in [-0.2, -0.15) is 4.98 Å². The van der Waals surface area contributed by atoms with Crippen LogP contribution in [0, 0.1) is 5.82 Å². The van der Waals surface area contributed by atoms with Crippen LogP contribution >= 0.6 is 0 Å². The van der Waals surface area contributed by atoms with Crippen LogP contribution < -0.4 is 5.32 Å². The van der Waals surface area contributed by atoms with Crippen molar-refractivity contribution in [2.45, 2.75) is 0 Å². The molecule has 1 aromatic heterocycles. The number of anilines is 2. The highest BCUT2D eigenvalue weighted by Crippen LogP contribution is 2.22. The first-order valence-corrected chi connectivity index (χ1v) is 5.85. The molecule has 3 aromatic rings. The smallest absolute Gasteiger partial charge is 0.299 e. The van der Waals surface area contributed by atoms with Crippen LogP contribution in [0.25, 0.3) is 11.3 Å². The van der Waals surface area contributed by atoms with Crippen molar-refractivity contribution in [3.63, 3.8) is 0 Å². The van der Waals surface area contributed by atoms with Gasteiger partial charge in [0.1, 0.15) is 17.8 Å². The average molecular weight is 254 g/mol. The van der Waals surface area contributed by atoms with Crippen molar-refractivity contribution in [2.75, 3.05) is 5.32 Å². The monoisotopic (exact) mass is 254 g/mol. The molecule has 3 rings (SSSR count). The Labute approximate surface area is 109 Å². The first-order valence-electron chi connectivity index (χ1n) is 5.85. The first-order chi connectivity index (χ1) is 9.31. The van der Waals surface area contributed by atoms with E-state index in [2.05, 4.69) is 10.3 Å².